The molecule has 0 aliphatic rings. The summed E-state index contributed by atoms with van der Waals surface area (Å²) in [5.41, 5.74) is 0. The van der Waals surface area contributed by atoms with E-state index < -0.39 is 6.10 Å². The Hall–Kier alpha value is -2.37. The van der Waals surface area contributed by atoms with E-state index in [0.717, 1.165) is 83.5 Å². The predicted octanol–water partition coefficient (Wildman–Crippen LogP) is 16.9. The van der Waals surface area contributed by atoms with E-state index in [2.05, 4.69) is 57.2 Å². The van der Waals surface area contributed by atoms with Crippen LogP contribution in [0.2, 0.25) is 0 Å². The zero-order valence-electron chi connectivity index (χ0n) is 40.0. The van der Waals surface area contributed by atoms with Crippen LogP contribution in [0.4, 0.5) is 0 Å². The highest BCUT2D eigenvalue weighted by Crippen LogP contribution is 2.15. The molecule has 0 saturated carbocycles. The van der Waals surface area contributed by atoms with Gasteiger partial charge < -0.3 is 14.2 Å². The molecule has 0 aromatic rings. The molecule has 6 heteroatoms. The van der Waals surface area contributed by atoms with Crippen LogP contribution in [-0.2, 0) is 28.6 Å². The van der Waals surface area contributed by atoms with E-state index in [9.17, 15) is 14.4 Å². The second-order valence-electron chi connectivity index (χ2n) is 17.4. The van der Waals surface area contributed by atoms with Crippen LogP contribution in [0.5, 0.6) is 0 Å². The number of rotatable bonds is 47. The number of carbonyl (C=O) groups is 3. The summed E-state index contributed by atoms with van der Waals surface area (Å²) in [6.07, 6.45) is 57.0. The summed E-state index contributed by atoms with van der Waals surface area (Å²) in [6, 6.07) is 0. The number of allylic oxidation sites excluding steroid dienone is 6. The number of carbonyl (C=O) groups excluding carboxylic acids is 3. The highest BCUT2D eigenvalue weighted by atomic mass is 16.6. The number of hydrogen-bond donors (Lipinski definition) is 0. The average Bonchev–Trinajstić information content (AvgIpc) is 3.24. The lowest BCUT2D eigenvalue weighted by Gasteiger charge is -2.18. The van der Waals surface area contributed by atoms with Crippen LogP contribution >= 0.6 is 0 Å². The first kappa shape index (κ1) is 57.6. The first-order valence-corrected chi connectivity index (χ1v) is 26.0. The molecular weight excluding hydrogens is 745 g/mol. The Balaban J connectivity index is 4.32. The molecule has 60 heavy (non-hydrogen) atoms. The van der Waals surface area contributed by atoms with Gasteiger partial charge >= 0.3 is 17.9 Å². The largest absolute Gasteiger partial charge is 0.462 e. The molecule has 0 amide bonds. The summed E-state index contributed by atoms with van der Waals surface area (Å²) in [6.45, 7) is 6.59. The van der Waals surface area contributed by atoms with Gasteiger partial charge in [0.2, 0.25) is 0 Å². The van der Waals surface area contributed by atoms with Gasteiger partial charge in [-0.05, 0) is 77.0 Å². The lowest BCUT2D eigenvalue weighted by molar-refractivity contribution is -0.167. The van der Waals surface area contributed by atoms with Crippen molar-refractivity contribution < 1.29 is 28.6 Å². The molecule has 0 radical (unpaired) electrons. The molecular formula is C54H98O6. The molecule has 350 valence electrons. The molecule has 1 unspecified atom stereocenters. The fraction of sp³-hybridized carbons (Fsp3) is 0.833. The van der Waals surface area contributed by atoms with E-state index in [4.69, 9.17) is 14.2 Å². The van der Waals surface area contributed by atoms with E-state index in [1.54, 1.807) is 0 Å². The van der Waals surface area contributed by atoms with Gasteiger partial charge in [-0.25, -0.2) is 0 Å². The third-order valence-electron chi connectivity index (χ3n) is 11.4. The van der Waals surface area contributed by atoms with Gasteiger partial charge in [0.1, 0.15) is 13.2 Å². The maximum absolute atomic E-state index is 12.8. The topological polar surface area (TPSA) is 78.9 Å². The van der Waals surface area contributed by atoms with E-state index in [1.165, 1.54) is 148 Å². The fourth-order valence-electron chi connectivity index (χ4n) is 7.41. The average molecular weight is 843 g/mol. The van der Waals surface area contributed by atoms with Gasteiger partial charge in [0.25, 0.3) is 0 Å². The van der Waals surface area contributed by atoms with Crippen LogP contribution < -0.4 is 0 Å². The Morgan fingerprint density at radius 3 is 0.967 bits per heavy atom. The molecule has 0 aromatic heterocycles. The minimum absolute atomic E-state index is 0.0770. The van der Waals surface area contributed by atoms with Crippen LogP contribution in [0.25, 0.3) is 0 Å². The number of ether oxygens (including phenoxy) is 3. The van der Waals surface area contributed by atoms with Gasteiger partial charge in [0, 0.05) is 19.3 Å². The van der Waals surface area contributed by atoms with E-state index in [-0.39, 0.29) is 31.1 Å². The molecule has 0 heterocycles. The van der Waals surface area contributed by atoms with Gasteiger partial charge in [0.15, 0.2) is 6.10 Å². The lowest BCUT2D eigenvalue weighted by atomic mass is 10.1. The second kappa shape index (κ2) is 49.3. The van der Waals surface area contributed by atoms with Crippen molar-refractivity contribution in [2.45, 2.75) is 277 Å². The minimum atomic E-state index is -0.776. The third kappa shape index (κ3) is 46.7. The molecule has 0 aliphatic heterocycles. The molecule has 0 spiro atoms. The number of hydrogen-bond acceptors (Lipinski definition) is 6. The third-order valence-corrected chi connectivity index (χ3v) is 11.4. The summed E-state index contributed by atoms with van der Waals surface area (Å²) in [5.74, 6) is -0.889. The molecule has 0 saturated heterocycles. The normalized spacial score (nSPS) is 12.2. The monoisotopic (exact) mass is 843 g/mol. The van der Waals surface area contributed by atoms with Crippen molar-refractivity contribution in [2.24, 2.45) is 0 Å². The van der Waals surface area contributed by atoms with Crippen molar-refractivity contribution in [1.29, 1.82) is 0 Å². The molecule has 0 fully saturated rings. The lowest BCUT2D eigenvalue weighted by Crippen LogP contribution is -2.30. The van der Waals surface area contributed by atoms with Gasteiger partial charge in [-0.2, -0.15) is 0 Å². The minimum Gasteiger partial charge on any atom is -0.462 e. The molecule has 6 nitrogen and oxygen atoms in total. The first-order chi connectivity index (χ1) is 29.5. The smallest absolute Gasteiger partial charge is 0.306 e. The summed E-state index contributed by atoms with van der Waals surface area (Å²) >= 11 is 0. The van der Waals surface area contributed by atoms with Crippen molar-refractivity contribution in [3.63, 3.8) is 0 Å². The van der Waals surface area contributed by atoms with Gasteiger partial charge in [-0.3, -0.25) is 14.4 Å². The Morgan fingerprint density at radius 1 is 0.333 bits per heavy atom. The van der Waals surface area contributed by atoms with Crippen molar-refractivity contribution in [3.05, 3.63) is 36.5 Å². The van der Waals surface area contributed by atoms with E-state index in [0.29, 0.717) is 19.3 Å². The van der Waals surface area contributed by atoms with Crippen molar-refractivity contribution in [1.82, 2.24) is 0 Å². The summed E-state index contributed by atoms with van der Waals surface area (Å²) < 4.78 is 16.8. The molecule has 1 atom stereocenters. The Kier molecular flexibility index (Phi) is 47.3. The molecule has 0 bridgehead atoms. The highest BCUT2D eigenvalue weighted by Gasteiger charge is 2.19. The summed E-state index contributed by atoms with van der Waals surface area (Å²) in [5, 5.41) is 0. The van der Waals surface area contributed by atoms with Gasteiger partial charge in [0.05, 0.1) is 0 Å². The van der Waals surface area contributed by atoms with E-state index >= 15 is 0 Å². The second-order valence-corrected chi connectivity index (χ2v) is 17.4. The zero-order chi connectivity index (χ0) is 43.7. The molecule has 0 aliphatic carbocycles. The SMILES string of the molecule is CCCCC/C=C\C/C=C\CCCCCCCC(=O)OC(COC(=O)CCCCCCCCC/C=C\CCCCCCCCC)COC(=O)CCCCCCCCCCC. The van der Waals surface area contributed by atoms with Gasteiger partial charge in [-0.15, -0.1) is 0 Å². The Labute approximate surface area is 372 Å². The van der Waals surface area contributed by atoms with Crippen molar-refractivity contribution in [3.8, 4) is 0 Å². The van der Waals surface area contributed by atoms with Gasteiger partial charge in [-0.1, -0.05) is 211 Å². The van der Waals surface area contributed by atoms with Crippen LogP contribution in [0, 0.1) is 0 Å². The van der Waals surface area contributed by atoms with Crippen LogP contribution in [0.1, 0.15) is 271 Å². The Bertz CT molecular complexity index is 1020. The maximum Gasteiger partial charge on any atom is 0.306 e. The number of unbranched alkanes of at least 4 members (excludes halogenated alkanes) is 30. The fourth-order valence-corrected chi connectivity index (χ4v) is 7.41. The van der Waals surface area contributed by atoms with E-state index in [1.807, 2.05) is 0 Å². The number of esters is 3. The zero-order valence-corrected chi connectivity index (χ0v) is 40.0. The standard InChI is InChI=1S/C54H98O6/c1-4-7-10-13-16-19-21-23-25-26-27-29-30-32-35-38-41-44-47-53(56)59-50-51(49-58-52(55)46-43-40-37-34-18-15-12-9-6-3)60-54(57)48-45-42-39-36-33-31-28-24-22-20-17-14-11-8-5-2/h17,20,24-26,28,51H,4-16,18-19,21-23,27,29-50H2,1-3H3/b20-17-,26-25-,28-24-. The quantitative estimate of drug-likeness (QED) is 0.0263. The van der Waals surface area contributed by atoms with Crippen molar-refractivity contribution in [2.75, 3.05) is 13.2 Å². The predicted molar refractivity (Wildman–Crippen MR) is 256 cm³/mol. The first-order valence-electron chi connectivity index (χ1n) is 26.0. The molecule has 0 aromatic carbocycles. The van der Waals surface area contributed by atoms with Crippen molar-refractivity contribution >= 4 is 17.9 Å². The highest BCUT2D eigenvalue weighted by molar-refractivity contribution is 5.71. The van der Waals surface area contributed by atoms with Crippen LogP contribution in [0.3, 0.4) is 0 Å². The summed E-state index contributed by atoms with van der Waals surface area (Å²) in [7, 11) is 0. The molecule has 0 rings (SSSR count). The van der Waals surface area contributed by atoms with Crippen LogP contribution in [-0.4, -0.2) is 37.2 Å². The Morgan fingerprint density at radius 2 is 0.600 bits per heavy atom. The summed E-state index contributed by atoms with van der Waals surface area (Å²) in [4.78, 5) is 37.9. The van der Waals surface area contributed by atoms with Crippen LogP contribution in [0.15, 0.2) is 36.5 Å². The molecule has 0 N–H and O–H groups in total. The maximum atomic E-state index is 12.8.